The number of nitrogens with zero attached hydrogens (tertiary/aromatic N) is 2. The second kappa shape index (κ2) is 11.3. The number of nitrogens with one attached hydrogen (secondary N) is 1. The number of likely N-dealkylation sites (N-methyl/N-ethyl adjacent to an activating group) is 1. The second-order valence-electron chi connectivity index (χ2n) is 9.11. The predicted molar refractivity (Wildman–Crippen MR) is 125 cm³/mol. The zero-order chi connectivity index (χ0) is 26.7. The molecule has 11 heteroatoms. The third-order valence-corrected chi connectivity index (χ3v) is 6.87. The quantitative estimate of drug-likeness (QED) is 0.357. The molecule has 1 aliphatic carbocycles. The molecule has 1 fully saturated rings. The molecule has 3 rings (SSSR count). The van der Waals surface area contributed by atoms with Crippen molar-refractivity contribution in [1.29, 1.82) is 0 Å². The molecule has 8 nitrogen and oxygen atoms in total. The van der Waals surface area contributed by atoms with E-state index in [4.69, 9.17) is 4.74 Å². The van der Waals surface area contributed by atoms with Crippen LogP contribution in [-0.2, 0) is 17.8 Å². The molecule has 1 amide bonds. The first-order valence-electron chi connectivity index (χ1n) is 11.6. The van der Waals surface area contributed by atoms with Crippen molar-refractivity contribution in [3.63, 3.8) is 0 Å². The van der Waals surface area contributed by atoms with Gasteiger partial charge in [0.25, 0.3) is 5.91 Å². The number of carbonyl (C=O) groups excluding carboxylic acids is 2. The number of aromatic hydroxyl groups is 1. The Morgan fingerprint density at radius 2 is 1.94 bits per heavy atom. The lowest BCUT2D eigenvalue weighted by Crippen LogP contribution is -2.45. The van der Waals surface area contributed by atoms with Crippen molar-refractivity contribution in [3.8, 4) is 5.75 Å². The molecule has 4 atom stereocenters. The third-order valence-electron chi connectivity index (χ3n) is 6.87. The van der Waals surface area contributed by atoms with Gasteiger partial charge in [-0.3, -0.25) is 19.3 Å². The van der Waals surface area contributed by atoms with E-state index in [2.05, 4.69) is 19.2 Å². The number of aromatic nitrogens is 1. The highest BCUT2D eigenvalue weighted by Crippen LogP contribution is 2.43. The Balaban J connectivity index is 1.88. The van der Waals surface area contributed by atoms with Gasteiger partial charge in [-0.25, -0.2) is 13.2 Å². The van der Waals surface area contributed by atoms with E-state index >= 15 is 0 Å². The van der Waals surface area contributed by atoms with E-state index in [9.17, 15) is 32.7 Å². The van der Waals surface area contributed by atoms with Crippen LogP contribution in [0.25, 0.3) is 0 Å². The number of hydrogen-bond acceptors (Lipinski definition) is 6. The van der Waals surface area contributed by atoms with Crippen molar-refractivity contribution in [2.45, 2.75) is 52.0 Å². The fourth-order valence-electron chi connectivity index (χ4n) is 4.64. The minimum Gasteiger partial charge on any atom is -0.503 e. The maximum atomic E-state index is 13.9. The third kappa shape index (κ3) is 5.62. The van der Waals surface area contributed by atoms with Crippen molar-refractivity contribution in [2.24, 2.45) is 11.8 Å². The number of carbonyl (C=O) groups is 2. The van der Waals surface area contributed by atoms with E-state index in [1.54, 1.807) is 0 Å². The van der Waals surface area contributed by atoms with Crippen molar-refractivity contribution >= 4 is 12.2 Å². The smallest absolute Gasteiger partial charge is 0.257 e. The zero-order valence-corrected chi connectivity index (χ0v) is 20.6. The molecule has 0 spiro atoms. The van der Waals surface area contributed by atoms with Crippen LogP contribution in [0.15, 0.2) is 23.1 Å². The molecule has 0 saturated heterocycles. The molecule has 1 saturated carbocycles. The lowest BCUT2D eigenvalue weighted by atomic mass is 10.1. The zero-order valence-electron chi connectivity index (χ0n) is 20.6. The molecule has 2 N–H and O–H groups in total. The van der Waals surface area contributed by atoms with Crippen LogP contribution >= 0.6 is 0 Å². The first-order valence-corrected chi connectivity index (χ1v) is 11.6. The normalized spacial score (nSPS) is 18.7. The highest BCUT2D eigenvalue weighted by molar-refractivity contribution is 5.95. The number of amides is 1. The molecule has 1 heterocycles. The van der Waals surface area contributed by atoms with E-state index < -0.39 is 58.4 Å². The van der Waals surface area contributed by atoms with Crippen molar-refractivity contribution in [3.05, 3.63) is 62.8 Å². The van der Waals surface area contributed by atoms with Crippen LogP contribution in [0.4, 0.5) is 13.2 Å². The van der Waals surface area contributed by atoms with Crippen molar-refractivity contribution in [2.75, 3.05) is 14.2 Å². The Morgan fingerprint density at radius 1 is 1.33 bits per heavy atom. The van der Waals surface area contributed by atoms with Crippen LogP contribution < -0.4 is 10.7 Å². The number of aldehydes is 1. The van der Waals surface area contributed by atoms with Crippen LogP contribution in [0.1, 0.15) is 53.1 Å². The minimum absolute atomic E-state index is 0.00795. The van der Waals surface area contributed by atoms with Crippen LogP contribution in [0.2, 0.25) is 0 Å². The molecule has 1 aromatic heterocycles. The van der Waals surface area contributed by atoms with Gasteiger partial charge in [-0.15, -0.1) is 0 Å². The molecule has 1 aromatic carbocycles. The summed E-state index contributed by atoms with van der Waals surface area (Å²) < 4.78 is 47.8. The summed E-state index contributed by atoms with van der Waals surface area (Å²) in [5.74, 6) is -4.41. The second-order valence-corrected chi connectivity index (χ2v) is 9.11. The van der Waals surface area contributed by atoms with E-state index in [1.165, 1.54) is 11.7 Å². The molecular weight excluding hydrogens is 479 g/mol. The summed E-state index contributed by atoms with van der Waals surface area (Å²) in [5, 5.41) is 12.6. The van der Waals surface area contributed by atoms with Gasteiger partial charge in [0.15, 0.2) is 12.0 Å². The largest absolute Gasteiger partial charge is 0.503 e. The van der Waals surface area contributed by atoms with Crippen LogP contribution in [0.5, 0.6) is 5.75 Å². The summed E-state index contributed by atoms with van der Waals surface area (Å²) >= 11 is 0. The van der Waals surface area contributed by atoms with Crippen molar-refractivity contribution < 1.29 is 32.6 Å². The standard InChI is InChI=1S/C25H30F3N3O5/c1-5-20(15-6-13(15)2)30(3)22(36-4)11-31-10-17(23(33)24(34)21(31)12-32)25(35)29-9-16-18(27)7-14(26)8-19(16)28/h7-8,10,12-13,15,20,22,34H,5-6,9,11H2,1-4H3,(H,29,35). The van der Waals surface area contributed by atoms with Gasteiger partial charge in [-0.1, -0.05) is 13.8 Å². The fourth-order valence-corrected chi connectivity index (χ4v) is 4.64. The summed E-state index contributed by atoms with van der Waals surface area (Å²) in [6.45, 7) is 3.57. The number of pyridine rings is 1. The van der Waals surface area contributed by atoms with Crippen LogP contribution in [0, 0.1) is 29.3 Å². The van der Waals surface area contributed by atoms with E-state index in [0.29, 0.717) is 30.3 Å². The average molecular weight is 510 g/mol. The number of benzene rings is 1. The van der Waals surface area contributed by atoms with Gasteiger partial charge >= 0.3 is 0 Å². The fraction of sp³-hybridized carbons (Fsp3) is 0.480. The Morgan fingerprint density at radius 3 is 2.44 bits per heavy atom. The highest BCUT2D eigenvalue weighted by atomic mass is 19.1. The Bertz CT molecular complexity index is 1180. The number of ether oxygens (including phenoxy) is 1. The highest BCUT2D eigenvalue weighted by Gasteiger charge is 2.42. The Labute approximate surface area is 206 Å². The van der Waals surface area contributed by atoms with Gasteiger partial charge in [-0.2, -0.15) is 0 Å². The number of hydrogen-bond donors (Lipinski definition) is 2. The average Bonchev–Trinajstić information content (AvgIpc) is 3.54. The molecule has 36 heavy (non-hydrogen) atoms. The van der Waals surface area contributed by atoms with Gasteiger partial charge in [0, 0.05) is 43.6 Å². The number of rotatable bonds is 11. The maximum Gasteiger partial charge on any atom is 0.257 e. The predicted octanol–water partition coefficient (Wildman–Crippen LogP) is 3.05. The SMILES string of the molecule is CCC(C1CC1C)N(C)C(Cn1cc(C(=O)NCc2c(F)cc(F)cc2F)c(=O)c(O)c1C=O)OC. The molecule has 0 bridgehead atoms. The van der Waals surface area contributed by atoms with Gasteiger partial charge in [0.05, 0.1) is 6.54 Å². The summed E-state index contributed by atoms with van der Waals surface area (Å²) in [7, 11) is 3.38. The first-order chi connectivity index (χ1) is 17.0. The van der Waals surface area contributed by atoms with Gasteiger partial charge in [0.1, 0.15) is 34.9 Å². The molecular formula is C25H30F3N3O5. The van der Waals surface area contributed by atoms with Crippen LogP contribution in [-0.4, -0.2) is 53.2 Å². The molecule has 2 aromatic rings. The summed E-state index contributed by atoms with van der Waals surface area (Å²) in [4.78, 5) is 39.0. The van der Waals surface area contributed by atoms with E-state index in [0.717, 1.165) is 19.0 Å². The summed E-state index contributed by atoms with van der Waals surface area (Å²) in [6, 6.07) is 1.14. The summed E-state index contributed by atoms with van der Waals surface area (Å²) in [6.07, 6.45) is 2.80. The number of halogens is 3. The lowest BCUT2D eigenvalue weighted by molar-refractivity contribution is -0.0563. The summed E-state index contributed by atoms with van der Waals surface area (Å²) in [5.41, 5.74) is -2.59. The minimum atomic E-state index is -1.20. The topological polar surface area (TPSA) is 101 Å². The van der Waals surface area contributed by atoms with Gasteiger partial charge in [0.2, 0.25) is 5.43 Å². The Hall–Kier alpha value is -3.18. The maximum absolute atomic E-state index is 13.9. The molecule has 1 aliphatic rings. The van der Waals surface area contributed by atoms with E-state index in [1.807, 2.05) is 11.9 Å². The first kappa shape index (κ1) is 27.4. The Kier molecular flexibility index (Phi) is 8.57. The van der Waals surface area contributed by atoms with Crippen molar-refractivity contribution in [1.82, 2.24) is 14.8 Å². The molecule has 0 radical (unpaired) electrons. The molecule has 196 valence electrons. The molecule has 0 aliphatic heterocycles. The molecule has 4 unspecified atom stereocenters. The monoisotopic (exact) mass is 509 g/mol. The van der Waals surface area contributed by atoms with Crippen LogP contribution in [0.3, 0.4) is 0 Å². The number of methoxy groups -OCH3 is 1. The van der Waals surface area contributed by atoms with Gasteiger partial charge < -0.3 is 19.7 Å². The lowest BCUT2D eigenvalue weighted by Gasteiger charge is -2.35. The van der Waals surface area contributed by atoms with Gasteiger partial charge in [-0.05, 0) is 31.7 Å². The van der Waals surface area contributed by atoms with E-state index in [-0.39, 0.29) is 18.3 Å².